The number of carbonyl (C=O) groups is 6. The maximum Gasteiger partial charge on any atom is 0.407 e. The third-order valence-electron chi connectivity index (χ3n) is 15.3. The first kappa shape index (κ1) is 78.5. The Labute approximate surface area is 586 Å². The molecule has 27 nitrogen and oxygen atoms in total. The summed E-state index contributed by atoms with van der Waals surface area (Å²) in [6.07, 6.45) is -1.30. The molecule has 1 saturated heterocycles. The van der Waals surface area contributed by atoms with Crippen molar-refractivity contribution in [2.45, 2.75) is 118 Å². The Morgan fingerprint density at radius 2 is 1.20 bits per heavy atom. The van der Waals surface area contributed by atoms with Crippen LogP contribution in [0.25, 0.3) is 15.4 Å². The molecule has 0 unspecified atom stereocenters. The van der Waals surface area contributed by atoms with Crippen LogP contribution in [0.15, 0.2) is 59.0 Å². The number of hydrogen-bond acceptors (Lipinski definition) is 23. The zero-order valence-electron chi connectivity index (χ0n) is 57.8. The van der Waals surface area contributed by atoms with Crippen LogP contribution in [0, 0.1) is 33.1 Å². The molecule has 1 fully saturated rings. The first-order valence-electron chi connectivity index (χ1n) is 32.8. The molecule has 2 aromatic carbocycles. The molecule has 2 aliphatic rings. The number of hydrogen-bond donors (Lipinski definition) is 4. The van der Waals surface area contributed by atoms with Crippen LogP contribution in [-0.4, -0.2) is 228 Å². The number of benzene rings is 2. The molecule has 0 bridgehead atoms. The van der Waals surface area contributed by atoms with Gasteiger partial charge in [-0.3, -0.25) is 28.7 Å². The minimum absolute atomic E-state index is 0.00595. The average Bonchev–Trinajstić information content (AvgIpc) is 1.59. The smallest absolute Gasteiger partial charge is 0.407 e. The number of thiophene rings is 1. The molecular formula is C68H95ClN10O17S2. The lowest BCUT2D eigenvalue weighted by molar-refractivity contribution is -0.155. The van der Waals surface area contributed by atoms with Crippen molar-refractivity contribution in [1.29, 1.82) is 0 Å². The maximum absolute atomic E-state index is 14.6. The second kappa shape index (κ2) is 39.8. The lowest BCUT2D eigenvalue weighted by atomic mass is 9.85. The summed E-state index contributed by atoms with van der Waals surface area (Å²) < 4.78 is 63.1. The van der Waals surface area contributed by atoms with E-state index in [1.807, 2.05) is 66.9 Å². The van der Waals surface area contributed by atoms with Crippen LogP contribution in [0.4, 0.5) is 4.79 Å². The number of thiazole rings is 1. The quantitative estimate of drug-likeness (QED) is 0.0232. The summed E-state index contributed by atoms with van der Waals surface area (Å²) in [7, 11) is 0. The van der Waals surface area contributed by atoms with Crippen molar-refractivity contribution in [3.05, 3.63) is 104 Å². The van der Waals surface area contributed by atoms with Gasteiger partial charge in [-0.2, -0.15) is 0 Å². The summed E-state index contributed by atoms with van der Waals surface area (Å²) >= 11 is 9.44. The van der Waals surface area contributed by atoms with Crippen LogP contribution in [-0.2, 0) is 82.6 Å². The van der Waals surface area contributed by atoms with Crippen molar-refractivity contribution in [2.75, 3.05) is 139 Å². The summed E-state index contributed by atoms with van der Waals surface area (Å²) in [6, 6.07) is 12.5. The molecule has 4 atom stereocenters. The Morgan fingerprint density at radius 3 is 1.77 bits per heavy atom. The minimum atomic E-state index is -1.10. The van der Waals surface area contributed by atoms with Crippen LogP contribution >= 0.6 is 34.3 Å². The first-order chi connectivity index (χ1) is 47.0. The van der Waals surface area contributed by atoms with E-state index < -0.39 is 71.6 Å². The second-order valence-corrected chi connectivity index (χ2v) is 27.7. The molecule has 4 N–H and O–H groups in total. The van der Waals surface area contributed by atoms with E-state index in [0.29, 0.717) is 82.7 Å². The normalized spacial score (nSPS) is 15.6. The van der Waals surface area contributed by atoms with Crippen LogP contribution in [0.2, 0.25) is 5.02 Å². The molecule has 2 aliphatic heterocycles. The topological polar surface area (TPSA) is 311 Å². The Hall–Kier alpha value is -6.87. The SMILES string of the molecule is Cc1ncsc1-c1ccc(CNC(=O)[C@@H]2C[C@@H](OC(=O)COCCOCCOCCOCCOCCOCCNC(=O)OC(C)(C)C)CN2C(=O)[C@@H](NC(=O)COCCOCCOCCNC(=O)C[C@@H]2N=C(c3ccc(Cl)cc3)c3c(sc(C)c3C)-n3c(C)nnc32)C(C)(C)C)cc1. The monoisotopic (exact) mass is 1420 g/mol. The predicted molar refractivity (Wildman–Crippen MR) is 368 cm³/mol. The van der Waals surface area contributed by atoms with Gasteiger partial charge >= 0.3 is 12.1 Å². The Bertz CT molecular complexity index is 3390. The van der Waals surface area contributed by atoms with Gasteiger partial charge in [-0.1, -0.05) is 68.8 Å². The Kier molecular flexibility index (Phi) is 31.9. The van der Waals surface area contributed by atoms with Gasteiger partial charge in [0.15, 0.2) is 5.82 Å². The van der Waals surface area contributed by atoms with E-state index in [9.17, 15) is 28.8 Å². The third kappa shape index (κ3) is 25.4. The molecule has 538 valence electrons. The number of ether oxygens (including phenoxy) is 11. The molecule has 30 heteroatoms. The highest BCUT2D eigenvalue weighted by Crippen LogP contribution is 2.40. The predicted octanol–water partition coefficient (Wildman–Crippen LogP) is 6.77. The molecule has 3 aromatic heterocycles. The van der Waals surface area contributed by atoms with Crippen molar-refractivity contribution in [1.82, 2.24) is 45.9 Å². The van der Waals surface area contributed by atoms with E-state index in [0.717, 1.165) is 54.0 Å². The molecule has 7 rings (SSSR count). The average molecular weight is 1420 g/mol. The number of nitrogens with zero attached hydrogens (tertiary/aromatic N) is 6. The van der Waals surface area contributed by atoms with E-state index in [2.05, 4.69) is 50.3 Å². The minimum Gasteiger partial charge on any atom is -0.459 e. The lowest BCUT2D eigenvalue weighted by Gasteiger charge is -2.35. The Balaban J connectivity index is 0.779. The number of aliphatic imine (C=N–C) groups is 1. The molecular weight excluding hydrogens is 1330 g/mol. The highest BCUT2D eigenvalue weighted by atomic mass is 35.5. The van der Waals surface area contributed by atoms with Crippen LogP contribution < -0.4 is 21.3 Å². The van der Waals surface area contributed by atoms with E-state index in [1.54, 1.807) is 69.7 Å². The van der Waals surface area contributed by atoms with E-state index in [1.165, 1.54) is 4.90 Å². The number of likely N-dealkylation sites (tertiary alicyclic amines) is 1. The standard InChI is InChI=1S/C68H95ClN10O17S2/c1-44-46(3)98-65-58(44)59(49-15-17-51(69)18-16-49)74-53(62-77-76-47(4)79(62)65)38-55(80)70-19-21-86-23-26-91-33-35-93-41-56(81)75-61(67(5,6)7)64(84)78-40-52(37-54(78)63(83)72-39-48-11-13-50(14-12-48)60-45(2)73-43-97-60)95-57(82)42-94-36-34-92-32-31-90-30-29-89-28-27-88-25-24-87-22-20-71-66(85)96-68(8,9)10/h11-18,43,52-54,61H,19-42H2,1-10H3,(H,70,80)(H,71,85)(H,72,83)(H,75,81)/t52-,53+,54+,61-/m1/s1. The summed E-state index contributed by atoms with van der Waals surface area (Å²) in [6.45, 7) is 23.1. The number of aromatic nitrogens is 4. The molecule has 0 radical (unpaired) electrons. The number of carbonyl (C=O) groups excluding carboxylic acids is 6. The highest BCUT2D eigenvalue weighted by molar-refractivity contribution is 7.15. The fourth-order valence-corrected chi connectivity index (χ4v) is 12.5. The van der Waals surface area contributed by atoms with E-state index in [-0.39, 0.29) is 91.2 Å². The van der Waals surface area contributed by atoms with Gasteiger partial charge in [-0.05, 0) is 82.7 Å². The van der Waals surface area contributed by atoms with Crippen LogP contribution in [0.1, 0.15) is 105 Å². The second-order valence-electron chi connectivity index (χ2n) is 25.2. The Morgan fingerprint density at radius 1 is 0.653 bits per heavy atom. The molecule has 0 spiro atoms. The van der Waals surface area contributed by atoms with E-state index in [4.69, 9.17) is 68.7 Å². The molecule has 0 aliphatic carbocycles. The van der Waals surface area contributed by atoms with Gasteiger partial charge in [0.2, 0.25) is 23.6 Å². The fourth-order valence-electron chi connectivity index (χ4n) is 10.3. The molecule has 5 amide bonds. The van der Waals surface area contributed by atoms with Crippen LogP contribution in [0.5, 0.6) is 0 Å². The van der Waals surface area contributed by atoms with Gasteiger partial charge in [0, 0.05) is 47.1 Å². The van der Waals surface area contributed by atoms with E-state index >= 15 is 0 Å². The van der Waals surface area contributed by atoms with Gasteiger partial charge in [0.1, 0.15) is 53.9 Å². The van der Waals surface area contributed by atoms with Gasteiger partial charge in [0.05, 0.1) is 140 Å². The van der Waals surface area contributed by atoms with Crippen LogP contribution in [0.3, 0.4) is 0 Å². The highest BCUT2D eigenvalue weighted by Gasteiger charge is 2.46. The summed E-state index contributed by atoms with van der Waals surface area (Å²) in [4.78, 5) is 93.5. The van der Waals surface area contributed by atoms with Crippen molar-refractivity contribution >= 4 is 75.7 Å². The molecule has 5 aromatic rings. The van der Waals surface area contributed by atoms with Gasteiger partial charge < -0.3 is 78.3 Å². The van der Waals surface area contributed by atoms with Gasteiger partial charge in [-0.25, -0.2) is 14.6 Å². The van der Waals surface area contributed by atoms with Gasteiger partial charge in [0.25, 0.3) is 0 Å². The number of halogens is 1. The zero-order valence-corrected chi connectivity index (χ0v) is 60.2. The number of aryl methyl sites for hydroxylation is 3. The van der Waals surface area contributed by atoms with Crippen molar-refractivity contribution in [3.8, 4) is 15.4 Å². The lowest BCUT2D eigenvalue weighted by Crippen LogP contribution is -2.58. The van der Waals surface area contributed by atoms with Crippen molar-refractivity contribution in [3.63, 3.8) is 0 Å². The summed E-state index contributed by atoms with van der Waals surface area (Å²) in [5.41, 5.74) is 6.88. The largest absolute Gasteiger partial charge is 0.459 e. The van der Waals surface area contributed by atoms with Gasteiger partial charge in [-0.15, -0.1) is 32.9 Å². The fraction of sp³-hybridized carbons (Fsp3) is 0.588. The first-order valence-corrected chi connectivity index (χ1v) is 34.9. The summed E-state index contributed by atoms with van der Waals surface area (Å²) in [5.74, 6) is -1.17. The van der Waals surface area contributed by atoms with Crippen molar-refractivity contribution in [2.24, 2.45) is 10.4 Å². The van der Waals surface area contributed by atoms with Crippen molar-refractivity contribution < 1.29 is 80.9 Å². The number of amides is 5. The number of nitrogens with one attached hydrogen (secondary N) is 4. The molecule has 5 heterocycles. The number of esters is 1. The summed E-state index contributed by atoms with van der Waals surface area (Å²) in [5, 5.41) is 21.8. The maximum atomic E-state index is 14.6. The number of rotatable bonds is 41. The number of fused-ring (bicyclic) bond motifs is 3. The number of alkyl carbamates (subject to hydrolysis) is 1. The molecule has 0 saturated carbocycles. The third-order valence-corrected chi connectivity index (χ3v) is 17.7. The zero-order chi connectivity index (χ0) is 70.6. The molecule has 98 heavy (non-hydrogen) atoms.